The van der Waals surface area contributed by atoms with E-state index in [0.717, 1.165) is 83.5 Å². The number of hydrogen-bond acceptors (Lipinski definition) is 4. The van der Waals surface area contributed by atoms with Gasteiger partial charge in [-0.2, -0.15) is 5.26 Å². The van der Waals surface area contributed by atoms with Crippen LogP contribution in [0.1, 0.15) is 27.8 Å². The van der Waals surface area contributed by atoms with Crippen LogP contribution in [-0.4, -0.2) is 23.7 Å². The lowest BCUT2D eigenvalue weighted by atomic mass is 9.67. The second-order valence-electron chi connectivity index (χ2n) is 19.2. The second kappa shape index (κ2) is 15.0. The molecule has 5 aromatic heterocycles. The Morgan fingerprint density at radius 3 is 1.48 bits per heavy atom. The van der Waals surface area contributed by atoms with Gasteiger partial charge in [-0.05, 0) is 137 Å². The van der Waals surface area contributed by atoms with Crippen LogP contribution < -0.4 is 0 Å². The van der Waals surface area contributed by atoms with Crippen molar-refractivity contribution in [2.75, 3.05) is 0 Å². The van der Waals surface area contributed by atoms with E-state index in [4.69, 9.17) is 9.97 Å². The molecule has 0 radical (unpaired) electrons. The van der Waals surface area contributed by atoms with Crippen LogP contribution >= 0.6 is 11.8 Å². The summed E-state index contributed by atoms with van der Waals surface area (Å²) >= 11 is 1.84. The van der Waals surface area contributed by atoms with Crippen molar-refractivity contribution >= 4 is 77.2 Å². The maximum atomic E-state index is 9.90. The van der Waals surface area contributed by atoms with Gasteiger partial charge in [0, 0.05) is 60.2 Å². The third-order valence-corrected chi connectivity index (χ3v) is 16.8. The van der Waals surface area contributed by atoms with Gasteiger partial charge in [0.2, 0.25) is 0 Å². The number of fused-ring (bicyclic) bond motifs is 18. The van der Waals surface area contributed by atoms with E-state index < -0.39 is 5.41 Å². The van der Waals surface area contributed by atoms with Gasteiger partial charge in [-0.1, -0.05) is 127 Å². The second-order valence-corrected chi connectivity index (χ2v) is 20.3. The van der Waals surface area contributed by atoms with Crippen LogP contribution in [0.25, 0.3) is 105 Å². The topological polar surface area (TPSA) is 64.4 Å². The zero-order chi connectivity index (χ0) is 47.9. The molecule has 1 aliphatic carbocycles. The van der Waals surface area contributed by atoms with Gasteiger partial charge in [-0.25, -0.2) is 0 Å². The van der Waals surface area contributed by atoms with E-state index in [1.54, 1.807) is 0 Å². The first-order valence-corrected chi connectivity index (χ1v) is 25.4. The van der Waals surface area contributed by atoms with Crippen LogP contribution in [-0.2, 0) is 5.41 Å². The van der Waals surface area contributed by atoms with Crippen molar-refractivity contribution in [1.82, 2.24) is 23.7 Å². The van der Waals surface area contributed by atoms with E-state index >= 15 is 0 Å². The highest BCUT2D eigenvalue weighted by Gasteiger charge is 2.51. The average molecular weight is 947 g/mol. The quantitative estimate of drug-likeness (QED) is 0.176. The third-order valence-electron chi connectivity index (χ3n) is 15.6. The molecule has 0 unspecified atom stereocenters. The predicted molar refractivity (Wildman–Crippen MR) is 297 cm³/mol. The Bertz CT molecular complexity index is 4660. The normalized spacial score (nSPS) is 13.2. The number of pyridine rings is 2. The number of nitriles is 1. The number of hydrogen-bond donors (Lipinski definition) is 0. The van der Waals surface area contributed by atoms with Gasteiger partial charge in [-0.3, -0.25) is 9.97 Å². The van der Waals surface area contributed by atoms with Crippen molar-refractivity contribution < 1.29 is 0 Å². The number of para-hydroxylation sites is 6. The number of nitrogens with zero attached hydrogens (tertiary/aromatic N) is 6. The highest BCUT2D eigenvalue weighted by molar-refractivity contribution is 7.99. The first-order valence-electron chi connectivity index (χ1n) is 24.6. The summed E-state index contributed by atoms with van der Waals surface area (Å²) in [5.74, 6) is 0. The van der Waals surface area contributed by atoms with Crippen LogP contribution in [0.2, 0.25) is 0 Å². The van der Waals surface area contributed by atoms with Crippen molar-refractivity contribution in [3.63, 3.8) is 0 Å². The Kier molecular flexibility index (Phi) is 8.28. The fourth-order valence-electron chi connectivity index (χ4n) is 12.7. The van der Waals surface area contributed by atoms with E-state index in [-0.39, 0.29) is 0 Å². The Morgan fingerprint density at radius 2 is 0.863 bits per heavy atom. The standard InChI is InChI=1S/C66H38N6S/c67-39-40-25-30-58-48(35-40)46-15-3-5-19-54(46)70(58)43-28-32-62-53(38-43)66(51-17-11-33-68-64(51)65-52(66)18-12-34-69-65)50-29-26-42(37-63(50)73-62)41-27-31-59-49(36-41)47-16-4-8-22-57(47)72(59)61-24-10-9-23-60(61)71-55-20-6-1-13-44(55)45-14-2-7-21-56(45)71/h1-38H. The molecule has 7 heteroatoms. The van der Waals surface area contributed by atoms with Crippen LogP contribution in [0.4, 0.5) is 0 Å². The van der Waals surface area contributed by atoms with Crippen molar-refractivity contribution in [1.29, 1.82) is 5.26 Å². The van der Waals surface area contributed by atoms with Crippen molar-refractivity contribution in [2.45, 2.75) is 15.2 Å². The fourth-order valence-corrected chi connectivity index (χ4v) is 13.9. The Hall–Kier alpha value is -9.48. The third kappa shape index (κ3) is 5.42. The van der Waals surface area contributed by atoms with E-state index in [0.29, 0.717) is 5.56 Å². The lowest BCUT2D eigenvalue weighted by Crippen LogP contribution is -2.32. The van der Waals surface area contributed by atoms with Gasteiger partial charge in [0.25, 0.3) is 0 Å². The molecule has 6 heterocycles. The molecule has 1 spiro atoms. The highest BCUT2D eigenvalue weighted by Crippen LogP contribution is 2.62. The molecule has 16 rings (SSSR count). The number of aromatic nitrogens is 5. The molecule has 338 valence electrons. The minimum atomic E-state index is -0.689. The zero-order valence-corrected chi connectivity index (χ0v) is 39.8. The van der Waals surface area contributed by atoms with Gasteiger partial charge >= 0.3 is 0 Å². The van der Waals surface area contributed by atoms with Crippen LogP contribution in [0, 0.1) is 11.3 Å². The van der Waals surface area contributed by atoms with Crippen LogP contribution in [0.3, 0.4) is 0 Å². The van der Waals surface area contributed by atoms with E-state index in [9.17, 15) is 5.26 Å². The van der Waals surface area contributed by atoms with Gasteiger partial charge in [0.05, 0.1) is 72.9 Å². The Morgan fingerprint density at radius 1 is 0.370 bits per heavy atom. The van der Waals surface area contributed by atoms with Gasteiger partial charge in [0.1, 0.15) is 0 Å². The van der Waals surface area contributed by atoms with Crippen molar-refractivity contribution in [3.05, 3.63) is 259 Å². The molecule has 73 heavy (non-hydrogen) atoms. The molecular formula is C66H38N6S. The van der Waals surface area contributed by atoms with Crippen LogP contribution in [0.5, 0.6) is 0 Å². The fraction of sp³-hybridized carbons (Fsp3) is 0.0152. The van der Waals surface area contributed by atoms with Crippen molar-refractivity contribution in [3.8, 4) is 45.6 Å². The van der Waals surface area contributed by atoms with E-state index in [1.807, 2.05) is 36.3 Å². The van der Waals surface area contributed by atoms with Crippen LogP contribution in [0.15, 0.2) is 241 Å². The molecule has 0 saturated carbocycles. The number of benzene rings is 9. The largest absolute Gasteiger partial charge is 0.309 e. The highest BCUT2D eigenvalue weighted by atomic mass is 32.2. The minimum absolute atomic E-state index is 0.648. The summed E-state index contributed by atoms with van der Waals surface area (Å²) < 4.78 is 7.22. The summed E-state index contributed by atoms with van der Waals surface area (Å²) in [5, 5.41) is 17.0. The Labute approximate surface area is 423 Å². The van der Waals surface area contributed by atoms with Gasteiger partial charge < -0.3 is 13.7 Å². The lowest BCUT2D eigenvalue weighted by molar-refractivity contribution is 0.718. The molecule has 14 aromatic rings. The molecule has 1 aliphatic heterocycles. The average Bonchev–Trinajstić information content (AvgIpc) is 4.17. The smallest absolute Gasteiger partial charge is 0.0991 e. The summed E-state index contributed by atoms with van der Waals surface area (Å²) in [6.07, 6.45) is 3.78. The Balaban J connectivity index is 0.884. The first-order chi connectivity index (χ1) is 36.2. The maximum absolute atomic E-state index is 9.90. The zero-order valence-electron chi connectivity index (χ0n) is 39.0. The maximum Gasteiger partial charge on any atom is 0.0991 e. The molecule has 0 atom stereocenters. The molecule has 2 aliphatic rings. The molecule has 0 fully saturated rings. The van der Waals surface area contributed by atoms with Crippen molar-refractivity contribution in [2.24, 2.45) is 0 Å². The summed E-state index contributed by atoms with van der Waals surface area (Å²) in [6, 6.07) is 81.7. The molecule has 0 bridgehead atoms. The first kappa shape index (κ1) is 40.3. The predicted octanol–water partition coefficient (Wildman–Crippen LogP) is 16.1. The molecule has 0 saturated heterocycles. The molecule has 0 N–H and O–H groups in total. The molecule has 9 aromatic carbocycles. The SMILES string of the molecule is N#Cc1ccc2c(c1)c1ccccc1n2-c1ccc2c(c1)C1(c3ccc(-c4ccc5c(c4)c4ccccc4n5-c4ccccc4-n4c5ccccc5c5ccccc54)cc3S2)c2cccnc2-c2ncccc21. The van der Waals surface area contributed by atoms with E-state index in [1.165, 1.54) is 53.5 Å². The van der Waals surface area contributed by atoms with Gasteiger partial charge in [0.15, 0.2) is 0 Å². The summed E-state index contributed by atoms with van der Waals surface area (Å²) in [7, 11) is 0. The summed E-state index contributed by atoms with van der Waals surface area (Å²) in [5.41, 5.74) is 18.9. The lowest BCUT2D eigenvalue weighted by Gasteiger charge is -2.39. The molecular weight excluding hydrogens is 909 g/mol. The summed E-state index contributed by atoms with van der Waals surface area (Å²) in [6.45, 7) is 0. The molecule has 6 nitrogen and oxygen atoms in total. The monoisotopic (exact) mass is 946 g/mol. The van der Waals surface area contributed by atoms with Gasteiger partial charge in [-0.15, -0.1) is 0 Å². The molecule has 0 amide bonds. The van der Waals surface area contributed by atoms with E-state index in [2.05, 4.69) is 226 Å². The summed E-state index contributed by atoms with van der Waals surface area (Å²) in [4.78, 5) is 12.5. The minimum Gasteiger partial charge on any atom is -0.309 e. The number of rotatable bonds is 4.